The first-order chi connectivity index (χ1) is 9.07. The van der Waals surface area contributed by atoms with Crippen molar-refractivity contribution in [1.82, 2.24) is 15.1 Å². The van der Waals surface area contributed by atoms with Crippen LogP contribution in [0, 0.1) is 6.92 Å². The Hall–Kier alpha value is -0.170. The van der Waals surface area contributed by atoms with E-state index in [4.69, 9.17) is 0 Å². The summed E-state index contributed by atoms with van der Waals surface area (Å²) in [6, 6.07) is 0.399. The van der Waals surface area contributed by atoms with Crippen molar-refractivity contribution in [1.29, 1.82) is 0 Å². The quantitative estimate of drug-likeness (QED) is 0.746. The van der Waals surface area contributed by atoms with Crippen LogP contribution in [0.25, 0.3) is 0 Å². The van der Waals surface area contributed by atoms with Gasteiger partial charge in [-0.15, -0.1) is 0 Å². The molecule has 0 spiro atoms. The first kappa shape index (κ1) is 15.2. The van der Waals surface area contributed by atoms with Gasteiger partial charge in [-0.3, -0.25) is 4.90 Å². The minimum absolute atomic E-state index is 0.332. The summed E-state index contributed by atoms with van der Waals surface area (Å²) in [7, 11) is -2.74. The molecule has 1 radical (unpaired) electrons. The first-order valence-electron chi connectivity index (χ1n) is 7.27. The topological polar surface area (TPSA) is 52.7 Å². The van der Waals surface area contributed by atoms with Crippen LogP contribution < -0.4 is 5.32 Å². The highest BCUT2D eigenvalue weighted by Crippen LogP contribution is 2.10. The second-order valence-corrected chi connectivity index (χ2v) is 7.88. The lowest BCUT2D eigenvalue weighted by Crippen LogP contribution is -2.47. The van der Waals surface area contributed by atoms with Gasteiger partial charge in [0, 0.05) is 45.3 Å². The lowest BCUT2D eigenvalue weighted by molar-refractivity contribution is 0.184. The molecule has 0 aliphatic carbocycles. The molecule has 0 saturated carbocycles. The predicted molar refractivity (Wildman–Crippen MR) is 77.9 cm³/mol. The monoisotopic (exact) mass is 288 g/mol. The Morgan fingerprint density at radius 3 is 2.37 bits per heavy atom. The van der Waals surface area contributed by atoms with E-state index < -0.39 is 9.84 Å². The summed E-state index contributed by atoms with van der Waals surface area (Å²) >= 11 is 0. The van der Waals surface area contributed by atoms with Crippen LogP contribution in [0.4, 0.5) is 0 Å². The van der Waals surface area contributed by atoms with Crippen LogP contribution in [-0.4, -0.2) is 81.6 Å². The number of nitrogens with one attached hydrogen (secondary N) is 1. The zero-order valence-electron chi connectivity index (χ0n) is 11.7. The van der Waals surface area contributed by atoms with Gasteiger partial charge in [-0.25, -0.2) is 8.42 Å². The van der Waals surface area contributed by atoms with E-state index in [1.54, 1.807) is 0 Å². The van der Waals surface area contributed by atoms with Crippen molar-refractivity contribution in [2.75, 3.05) is 57.3 Å². The Morgan fingerprint density at radius 2 is 1.74 bits per heavy atom. The summed E-state index contributed by atoms with van der Waals surface area (Å²) in [6.07, 6.45) is 2.21. The van der Waals surface area contributed by atoms with Gasteiger partial charge in [-0.1, -0.05) is 0 Å². The number of hydrogen-bond acceptors (Lipinski definition) is 5. The van der Waals surface area contributed by atoms with E-state index >= 15 is 0 Å². The minimum atomic E-state index is -2.74. The summed E-state index contributed by atoms with van der Waals surface area (Å²) in [6.45, 7) is 11.0. The van der Waals surface area contributed by atoms with Crippen molar-refractivity contribution in [3.63, 3.8) is 0 Å². The van der Waals surface area contributed by atoms with Gasteiger partial charge in [0.05, 0.1) is 11.5 Å². The van der Waals surface area contributed by atoms with E-state index in [9.17, 15) is 8.42 Å². The summed E-state index contributed by atoms with van der Waals surface area (Å²) in [5.41, 5.74) is 0. The standard InChI is InChI=1S/C13H26N3O2S/c1-13(16-7-4-14-5-8-16)3-2-6-15-9-11-19(17,18)12-10-15/h13-14H,1-12H2. The molecule has 2 aliphatic heterocycles. The second-order valence-electron chi connectivity index (χ2n) is 5.58. The molecule has 2 rings (SSSR count). The Morgan fingerprint density at radius 1 is 1.11 bits per heavy atom. The summed E-state index contributed by atoms with van der Waals surface area (Å²) < 4.78 is 22.7. The maximum absolute atomic E-state index is 11.3. The largest absolute Gasteiger partial charge is 0.314 e. The summed E-state index contributed by atoms with van der Waals surface area (Å²) in [4.78, 5) is 4.71. The van der Waals surface area contributed by atoms with Crippen LogP contribution in [0.2, 0.25) is 0 Å². The smallest absolute Gasteiger partial charge is 0.152 e. The maximum Gasteiger partial charge on any atom is 0.152 e. The average molecular weight is 288 g/mol. The van der Waals surface area contributed by atoms with Crippen LogP contribution >= 0.6 is 0 Å². The molecule has 1 N–H and O–H groups in total. The molecule has 2 heterocycles. The number of rotatable bonds is 5. The fourth-order valence-corrected chi connectivity index (χ4v) is 4.03. The fourth-order valence-electron chi connectivity index (χ4n) is 2.75. The normalized spacial score (nSPS) is 27.2. The molecular weight excluding hydrogens is 262 g/mol. The Kier molecular flexibility index (Phi) is 5.62. The van der Waals surface area contributed by atoms with Crippen molar-refractivity contribution in [2.24, 2.45) is 0 Å². The molecule has 111 valence electrons. The second kappa shape index (κ2) is 7.02. The van der Waals surface area contributed by atoms with Gasteiger partial charge in [-0.2, -0.15) is 0 Å². The van der Waals surface area contributed by atoms with Gasteiger partial charge < -0.3 is 10.2 Å². The van der Waals surface area contributed by atoms with Gasteiger partial charge in [0.2, 0.25) is 0 Å². The van der Waals surface area contributed by atoms with Gasteiger partial charge >= 0.3 is 0 Å². The number of piperazine rings is 1. The van der Waals surface area contributed by atoms with Crippen LogP contribution in [0.1, 0.15) is 12.8 Å². The molecule has 19 heavy (non-hydrogen) atoms. The lowest BCUT2D eigenvalue weighted by atomic mass is 10.1. The van der Waals surface area contributed by atoms with Gasteiger partial charge in [0.1, 0.15) is 0 Å². The van der Waals surface area contributed by atoms with E-state index in [-0.39, 0.29) is 0 Å². The molecule has 0 aromatic carbocycles. The van der Waals surface area contributed by atoms with Crippen molar-refractivity contribution in [2.45, 2.75) is 18.9 Å². The molecule has 5 nitrogen and oxygen atoms in total. The first-order valence-corrected chi connectivity index (χ1v) is 9.09. The number of hydrogen-bond donors (Lipinski definition) is 1. The molecule has 2 saturated heterocycles. The number of sulfone groups is 1. The number of nitrogens with zero attached hydrogens (tertiary/aromatic N) is 2. The molecule has 0 amide bonds. The van der Waals surface area contributed by atoms with Crippen molar-refractivity contribution < 1.29 is 8.42 Å². The molecule has 2 fully saturated rings. The highest BCUT2D eigenvalue weighted by Gasteiger charge is 2.21. The average Bonchev–Trinajstić information content (AvgIpc) is 2.41. The molecule has 1 unspecified atom stereocenters. The lowest BCUT2D eigenvalue weighted by Gasteiger charge is -2.33. The third-order valence-corrected chi connectivity index (χ3v) is 5.73. The highest BCUT2D eigenvalue weighted by molar-refractivity contribution is 7.91. The van der Waals surface area contributed by atoms with E-state index in [2.05, 4.69) is 22.0 Å². The molecule has 1 atom stereocenters. The molecule has 6 heteroatoms. The summed E-state index contributed by atoms with van der Waals surface area (Å²) in [5, 5.41) is 3.35. The highest BCUT2D eigenvalue weighted by atomic mass is 32.2. The van der Waals surface area contributed by atoms with Crippen LogP contribution in [0.15, 0.2) is 0 Å². The predicted octanol–water partition coefficient (Wildman–Crippen LogP) is -0.395. The van der Waals surface area contributed by atoms with Crippen LogP contribution in [0.3, 0.4) is 0 Å². The molecule has 0 bridgehead atoms. The van der Waals surface area contributed by atoms with Crippen molar-refractivity contribution in [3.05, 3.63) is 6.92 Å². The third kappa shape index (κ3) is 5.02. The van der Waals surface area contributed by atoms with E-state index in [1.165, 1.54) is 0 Å². The zero-order valence-corrected chi connectivity index (χ0v) is 12.5. The molecular formula is C13H26N3O2S. The van der Waals surface area contributed by atoms with E-state index in [0.717, 1.165) is 45.6 Å². The van der Waals surface area contributed by atoms with Gasteiger partial charge in [0.25, 0.3) is 0 Å². The SMILES string of the molecule is [CH2]C(CCCN1CCS(=O)(=O)CC1)N1CCNCC1. The van der Waals surface area contributed by atoms with Crippen molar-refractivity contribution in [3.8, 4) is 0 Å². The Labute approximate surface area is 117 Å². The van der Waals surface area contributed by atoms with Gasteiger partial charge in [-0.05, 0) is 26.3 Å². The van der Waals surface area contributed by atoms with Crippen molar-refractivity contribution >= 4 is 9.84 Å². The van der Waals surface area contributed by atoms with E-state index in [1.807, 2.05) is 0 Å². The Bertz CT molecular complexity index is 352. The molecule has 2 aliphatic rings. The molecule has 0 aromatic rings. The van der Waals surface area contributed by atoms with Gasteiger partial charge in [0.15, 0.2) is 9.84 Å². The zero-order chi connectivity index (χ0) is 13.7. The molecule has 0 aromatic heterocycles. The van der Waals surface area contributed by atoms with Crippen LogP contribution in [-0.2, 0) is 9.84 Å². The Balaban J connectivity index is 1.61. The maximum atomic E-state index is 11.3. The fraction of sp³-hybridized carbons (Fsp3) is 0.923. The van der Waals surface area contributed by atoms with E-state index in [0.29, 0.717) is 30.6 Å². The summed E-state index contributed by atoms with van der Waals surface area (Å²) in [5.74, 6) is 0.664. The van der Waals surface area contributed by atoms with Crippen LogP contribution in [0.5, 0.6) is 0 Å². The minimum Gasteiger partial charge on any atom is -0.314 e. The third-order valence-electron chi connectivity index (χ3n) is 4.12.